The first-order valence-electron chi connectivity index (χ1n) is 15.2. The summed E-state index contributed by atoms with van der Waals surface area (Å²) in [5.74, 6) is 1.96. The maximum Gasteiger partial charge on any atom is 0.164 e. The van der Waals surface area contributed by atoms with Crippen LogP contribution in [0, 0.1) is 0 Å². The number of allylic oxidation sites excluding steroid dienone is 2. The van der Waals surface area contributed by atoms with Crippen molar-refractivity contribution in [3.8, 4) is 51.0 Å². The second kappa shape index (κ2) is 10.3. The maximum atomic E-state index is 4.92. The molecule has 5 aromatic carbocycles. The number of aromatic nitrogens is 4. The van der Waals surface area contributed by atoms with E-state index in [1.54, 1.807) is 0 Å². The van der Waals surface area contributed by atoms with Crippen LogP contribution in [0.2, 0.25) is 0 Å². The van der Waals surface area contributed by atoms with Crippen LogP contribution in [0.15, 0.2) is 152 Å². The highest BCUT2D eigenvalue weighted by atomic mass is 15.0. The Hall–Kier alpha value is -6.07. The molecule has 0 fully saturated rings. The van der Waals surface area contributed by atoms with Gasteiger partial charge in [0.1, 0.15) is 0 Å². The van der Waals surface area contributed by atoms with E-state index in [2.05, 4.69) is 95.0 Å². The van der Waals surface area contributed by atoms with Gasteiger partial charge in [-0.15, -0.1) is 0 Å². The second-order valence-electron chi connectivity index (χ2n) is 11.4. The highest BCUT2D eigenvalue weighted by Crippen LogP contribution is 2.47. The first-order valence-corrected chi connectivity index (χ1v) is 15.2. The smallest absolute Gasteiger partial charge is 0.164 e. The van der Waals surface area contributed by atoms with Gasteiger partial charge in [0, 0.05) is 39.5 Å². The van der Waals surface area contributed by atoms with Gasteiger partial charge in [-0.25, -0.2) is 15.0 Å². The van der Waals surface area contributed by atoms with Crippen molar-refractivity contribution >= 4 is 16.5 Å². The Bertz CT molecular complexity index is 2220. The Kier molecular flexibility index (Phi) is 5.81. The van der Waals surface area contributed by atoms with Crippen molar-refractivity contribution in [2.24, 2.45) is 0 Å². The molecule has 2 aromatic heterocycles. The maximum absolute atomic E-state index is 4.92. The fourth-order valence-corrected chi connectivity index (χ4v) is 6.65. The molecule has 45 heavy (non-hydrogen) atoms. The van der Waals surface area contributed by atoms with E-state index in [9.17, 15) is 0 Å². The number of hydrogen-bond acceptors (Lipinski definition) is 4. The Labute approximate surface area is 260 Å². The molecule has 1 aliphatic heterocycles. The summed E-state index contributed by atoms with van der Waals surface area (Å²) in [7, 11) is 0. The van der Waals surface area contributed by atoms with Crippen LogP contribution < -0.4 is 5.32 Å². The number of dihydropyridines is 1. The van der Waals surface area contributed by atoms with Gasteiger partial charge in [0.05, 0.1) is 11.6 Å². The summed E-state index contributed by atoms with van der Waals surface area (Å²) in [5.41, 5.74) is 11.5. The Morgan fingerprint density at radius 2 is 1.11 bits per heavy atom. The molecule has 0 bridgehead atoms. The molecule has 1 unspecified atom stereocenters. The van der Waals surface area contributed by atoms with Crippen LogP contribution in [-0.2, 0) is 0 Å². The number of nitrogens with zero attached hydrogens (tertiary/aromatic N) is 4. The minimum absolute atomic E-state index is 0.0702. The molecule has 212 valence electrons. The monoisotopic (exact) mass is 577 g/mol. The minimum Gasteiger partial charge on any atom is -0.380 e. The van der Waals surface area contributed by atoms with Crippen molar-refractivity contribution < 1.29 is 0 Å². The SMILES string of the molecule is C1=CNC2C(=C1)c1ccccc1-c1cccc3c1c2cn3-c1ccc(-c2nc(-c3ccccc3)nc(-c3ccccc3)n2)cc1. The van der Waals surface area contributed by atoms with Crippen LogP contribution in [0.4, 0.5) is 0 Å². The van der Waals surface area contributed by atoms with E-state index in [0.29, 0.717) is 17.5 Å². The summed E-state index contributed by atoms with van der Waals surface area (Å²) in [5, 5.41) is 4.93. The fourth-order valence-electron chi connectivity index (χ4n) is 6.65. The molecule has 3 heterocycles. The largest absolute Gasteiger partial charge is 0.380 e. The number of nitrogens with one attached hydrogen (secondary N) is 1. The normalized spacial score (nSPS) is 14.7. The van der Waals surface area contributed by atoms with Crippen molar-refractivity contribution in [2.75, 3.05) is 0 Å². The number of benzene rings is 5. The van der Waals surface area contributed by atoms with Crippen molar-refractivity contribution in [1.82, 2.24) is 24.8 Å². The average molecular weight is 578 g/mol. The number of rotatable bonds is 4. The Morgan fingerprint density at radius 1 is 0.533 bits per heavy atom. The topological polar surface area (TPSA) is 55.6 Å². The first-order chi connectivity index (χ1) is 22.3. The zero-order valence-electron chi connectivity index (χ0n) is 24.3. The van der Waals surface area contributed by atoms with E-state index in [4.69, 9.17) is 15.0 Å². The molecular weight excluding hydrogens is 550 g/mol. The molecule has 9 rings (SSSR count). The van der Waals surface area contributed by atoms with Gasteiger partial charge in [0.15, 0.2) is 17.5 Å². The summed E-state index contributed by atoms with van der Waals surface area (Å²) in [6.45, 7) is 0. The third-order valence-electron chi connectivity index (χ3n) is 8.75. The van der Waals surface area contributed by atoms with E-state index in [0.717, 1.165) is 22.4 Å². The molecule has 0 saturated heterocycles. The lowest BCUT2D eigenvalue weighted by atomic mass is 9.91. The van der Waals surface area contributed by atoms with Gasteiger partial charge < -0.3 is 9.88 Å². The highest BCUT2D eigenvalue weighted by Gasteiger charge is 2.30. The van der Waals surface area contributed by atoms with Crippen molar-refractivity contribution in [1.29, 1.82) is 0 Å². The van der Waals surface area contributed by atoms with Crippen molar-refractivity contribution in [3.63, 3.8) is 0 Å². The Morgan fingerprint density at radius 3 is 1.78 bits per heavy atom. The van der Waals surface area contributed by atoms with Crippen LogP contribution in [0.3, 0.4) is 0 Å². The van der Waals surface area contributed by atoms with E-state index in [1.807, 2.05) is 66.9 Å². The highest BCUT2D eigenvalue weighted by molar-refractivity contribution is 6.05. The van der Waals surface area contributed by atoms with E-state index < -0.39 is 0 Å². The van der Waals surface area contributed by atoms with Gasteiger partial charge in [-0.3, -0.25) is 0 Å². The molecular formula is C40H27N5. The molecule has 5 heteroatoms. The standard InChI is InChI=1S/C40H27N5/c1-3-11-26(12-4-1)38-42-39(27-13-5-2-6-14-27)44-40(43-38)28-20-22-29(23-21-28)45-25-34-36-32(17-9-19-35(36)45)30-15-7-8-16-31(30)33-18-10-24-41-37(33)34/h1-25,37,41H. The van der Waals surface area contributed by atoms with Crippen molar-refractivity contribution in [2.45, 2.75) is 6.04 Å². The van der Waals surface area contributed by atoms with Gasteiger partial charge >= 0.3 is 0 Å². The number of fused-ring (bicyclic) bond motifs is 5. The molecule has 0 radical (unpaired) electrons. The second-order valence-corrected chi connectivity index (χ2v) is 11.4. The number of hydrogen-bond donors (Lipinski definition) is 1. The van der Waals surface area contributed by atoms with Gasteiger partial charge in [-0.1, -0.05) is 103 Å². The average Bonchev–Trinajstić information content (AvgIpc) is 3.47. The van der Waals surface area contributed by atoms with Crippen LogP contribution in [-0.4, -0.2) is 19.5 Å². The molecule has 1 aliphatic carbocycles. The summed E-state index contributed by atoms with van der Waals surface area (Å²) in [6.07, 6.45) is 8.68. The minimum atomic E-state index is 0.0702. The first kappa shape index (κ1) is 25.4. The van der Waals surface area contributed by atoms with Crippen LogP contribution >= 0.6 is 0 Å². The van der Waals surface area contributed by atoms with E-state index >= 15 is 0 Å². The Balaban J connectivity index is 1.17. The predicted molar refractivity (Wildman–Crippen MR) is 181 cm³/mol. The van der Waals surface area contributed by atoms with E-state index in [-0.39, 0.29) is 6.04 Å². The quantitative estimate of drug-likeness (QED) is 0.227. The summed E-state index contributed by atoms with van der Waals surface area (Å²) in [4.78, 5) is 14.7. The van der Waals surface area contributed by atoms with E-state index in [1.165, 1.54) is 38.7 Å². The lowest BCUT2D eigenvalue weighted by molar-refractivity contribution is 0.770. The van der Waals surface area contributed by atoms with Gasteiger partial charge in [0.25, 0.3) is 0 Å². The van der Waals surface area contributed by atoms with Crippen LogP contribution in [0.5, 0.6) is 0 Å². The molecule has 0 amide bonds. The third-order valence-corrected chi connectivity index (χ3v) is 8.75. The molecule has 1 atom stereocenters. The molecule has 1 N–H and O–H groups in total. The lowest BCUT2D eigenvalue weighted by Gasteiger charge is -2.23. The molecule has 5 nitrogen and oxygen atoms in total. The van der Waals surface area contributed by atoms with Crippen LogP contribution in [0.25, 0.3) is 67.5 Å². The molecule has 0 spiro atoms. The fraction of sp³-hybridized carbons (Fsp3) is 0.0250. The summed E-state index contributed by atoms with van der Waals surface area (Å²) >= 11 is 0. The molecule has 2 aliphatic rings. The van der Waals surface area contributed by atoms with Gasteiger partial charge in [0.2, 0.25) is 0 Å². The molecule has 7 aromatic rings. The van der Waals surface area contributed by atoms with Crippen LogP contribution in [0.1, 0.15) is 17.2 Å². The van der Waals surface area contributed by atoms with Crippen molar-refractivity contribution in [3.05, 3.63) is 163 Å². The predicted octanol–water partition coefficient (Wildman–Crippen LogP) is 9.04. The van der Waals surface area contributed by atoms with Gasteiger partial charge in [-0.2, -0.15) is 0 Å². The summed E-state index contributed by atoms with van der Waals surface area (Å²) in [6, 6.07) is 44.1. The lowest BCUT2D eigenvalue weighted by Crippen LogP contribution is -2.18. The zero-order valence-corrected chi connectivity index (χ0v) is 24.3. The molecule has 0 saturated carbocycles. The third kappa shape index (κ3) is 4.20. The van der Waals surface area contributed by atoms with Gasteiger partial charge in [-0.05, 0) is 64.9 Å². The summed E-state index contributed by atoms with van der Waals surface area (Å²) < 4.78 is 2.31. The zero-order chi connectivity index (χ0) is 29.7.